The Morgan fingerprint density at radius 2 is 1.93 bits per heavy atom. The van der Waals surface area contributed by atoms with Crippen molar-refractivity contribution in [3.05, 3.63) is 63.0 Å². The van der Waals surface area contributed by atoms with Crippen LogP contribution in [0.3, 0.4) is 0 Å². The van der Waals surface area contributed by atoms with Gasteiger partial charge in [-0.3, -0.25) is 14.5 Å². The Balaban J connectivity index is 1.85. The number of thioether (sulfide) groups is 1. The molecule has 1 aliphatic rings. The van der Waals surface area contributed by atoms with Crippen molar-refractivity contribution >= 4 is 50.9 Å². The standard InChI is InChI=1S/C20H16BrNO6S/c1-27-15-7-13(14(21)9-16(15)28-11-18(23)24)8-17-19(25)22(20(26)29-17)10-12-5-3-2-4-6-12/h2-9H,10-11H2,1H3,(H,23,24)/b17-8+. The second-order valence-corrected chi connectivity index (χ2v) is 7.81. The van der Waals surface area contributed by atoms with Gasteiger partial charge < -0.3 is 14.6 Å². The van der Waals surface area contributed by atoms with E-state index in [0.717, 1.165) is 17.3 Å². The van der Waals surface area contributed by atoms with Gasteiger partial charge in [-0.05, 0) is 41.1 Å². The number of hydrogen-bond acceptors (Lipinski definition) is 6. The monoisotopic (exact) mass is 477 g/mol. The summed E-state index contributed by atoms with van der Waals surface area (Å²) in [6.45, 7) is -0.310. The fourth-order valence-corrected chi connectivity index (χ4v) is 3.88. The Kier molecular flexibility index (Phi) is 6.60. The molecule has 0 radical (unpaired) electrons. The van der Waals surface area contributed by atoms with E-state index in [4.69, 9.17) is 14.6 Å². The molecule has 2 amide bonds. The lowest BCUT2D eigenvalue weighted by Crippen LogP contribution is -2.27. The highest BCUT2D eigenvalue weighted by Crippen LogP contribution is 2.38. The first-order valence-corrected chi connectivity index (χ1v) is 10.0. The third-order valence-corrected chi connectivity index (χ3v) is 5.57. The first-order valence-electron chi connectivity index (χ1n) is 8.40. The maximum atomic E-state index is 12.7. The number of aliphatic carboxylic acids is 1. The summed E-state index contributed by atoms with van der Waals surface area (Å²) in [5.74, 6) is -0.930. The number of hydrogen-bond donors (Lipinski definition) is 1. The number of methoxy groups -OCH3 is 1. The number of carboxylic acids is 1. The minimum absolute atomic E-state index is 0.204. The largest absolute Gasteiger partial charge is 0.493 e. The van der Waals surface area contributed by atoms with Crippen molar-refractivity contribution in [2.24, 2.45) is 0 Å². The minimum Gasteiger partial charge on any atom is -0.493 e. The molecule has 0 bridgehead atoms. The molecule has 1 aliphatic heterocycles. The van der Waals surface area contributed by atoms with E-state index in [2.05, 4.69) is 15.9 Å². The summed E-state index contributed by atoms with van der Waals surface area (Å²) in [6, 6.07) is 12.4. The van der Waals surface area contributed by atoms with Gasteiger partial charge in [-0.25, -0.2) is 4.79 Å². The predicted octanol–water partition coefficient (Wildman–Crippen LogP) is 4.16. The molecule has 9 heteroatoms. The van der Waals surface area contributed by atoms with Crippen LogP contribution in [0.25, 0.3) is 6.08 Å². The second kappa shape index (κ2) is 9.15. The van der Waals surface area contributed by atoms with Gasteiger partial charge in [0.2, 0.25) is 0 Å². The Morgan fingerprint density at radius 3 is 2.59 bits per heavy atom. The molecule has 150 valence electrons. The van der Waals surface area contributed by atoms with Crippen LogP contribution >= 0.6 is 27.7 Å². The van der Waals surface area contributed by atoms with Crippen molar-refractivity contribution in [1.82, 2.24) is 4.90 Å². The topological polar surface area (TPSA) is 93.1 Å². The Hall–Kier alpha value is -2.78. The summed E-state index contributed by atoms with van der Waals surface area (Å²) < 4.78 is 11.0. The molecule has 3 rings (SSSR count). The van der Waals surface area contributed by atoms with E-state index in [9.17, 15) is 14.4 Å². The van der Waals surface area contributed by atoms with Gasteiger partial charge in [0.05, 0.1) is 18.6 Å². The number of carbonyl (C=O) groups excluding carboxylic acids is 2. The molecule has 2 aromatic rings. The first kappa shape index (κ1) is 20.9. The van der Waals surface area contributed by atoms with Crippen molar-refractivity contribution in [2.75, 3.05) is 13.7 Å². The minimum atomic E-state index is -1.11. The van der Waals surface area contributed by atoms with Gasteiger partial charge in [0, 0.05) is 4.47 Å². The molecule has 1 saturated heterocycles. The second-order valence-electron chi connectivity index (χ2n) is 5.96. The van der Waals surface area contributed by atoms with Gasteiger partial charge in [-0.1, -0.05) is 46.3 Å². The zero-order chi connectivity index (χ0) is 21.0. The van der Waals surface area contributed by atoms with Crippen LogP contribution in [-0.4, -0.2) is 40.8 Å². The molecule has 0 saturated carbocycles. The maximum absolute atomic E-state index is 12.7. The summed E-state index contributed by atoms with van der Waals surface area (Å²) in [5.41, 5.74) is 1.45. The quantitative estimate of drug-likeness (QED) is 0.598. The number of ether oxygens (including phenoxy) is 2. The lowest BCUT2D eigenvalue weighted by molar-refractivity contribution is -0.139. The molecule has 2 aromatic carbocycles. The molecule has 0 aromatic heterocycles. The predicted molar refractivity (Wildman–Crippen MR) is 112 cm³/mol. The van der Waals surface area contributed by atoms with E-state index in [0.29, 0.717) is 15.8 Å². The number of nitrogens with zero attached hydrogens (tertiary/aromatic N) is 1. The van der Waals surface area contributed by atoms with E-state index in [1.54, 1.807) is 18.2 Å². The van der Waals surface area contributed by atoms with E-state index in [1.807, 2.05) is 30.3 Å². The number of carboxylic acid groups (broad SMARTS) is 1. The van der Waals surface area contributed by atoms with Crippen LogP contribution in [-0.2, 0) is 16.1 Å². The van der Waals surface area contributed by atoms with Gasteiger partial charge in [0.1, 0.15) is 0 Å². The molecule has 7 nitrogen and oxygen atoms in total. The summed E-state index contributed by atoms with van der Waals surface area (Å²) in [7, 11) is 1.42. The summed E-state index contributed by atoms with van der Waals surface area (Å²) in [4.78, 5) is 37.2. The van der Waals surface area contributed by atoms with E-state index in [-0.39, 0.29) is 28.3 Å². The van der Waals surface area contributed by atoms with Gasteiger partial charge in [-0.15, -0.1) is 0 Å². The lowest BCUT2D eigenvalue weighted by atomic mass is 10.1. The van der Waals surface area contributed by atoms with E-state index in [1.165, 1.54) is 12.0 Å². The molecule has 29 heavy (non-hydrogen) atoms. The molecule has 1 fully saturated rings. The summed E-state index contributed by atoms with van der Waals surface area (Å²) in [6.07, 6.45) is 1.59. The van der Waals surface area contributed by atoms with Crippen molar-refractivity contribution < 1.29 is 29.0 Å². The smallest absolute Gasteiger partial charge is 0.341 e. The fourth-order valence-electron chi connectivity index (χ4n) is 2.62. The number of halogens is 1. The number of rotatable bonds is 7. The van der Waals surface area contributed by atoms with Gasteiger partial charge in [0.25, 0.3) is 11.1 Å². The van der Waals surface area contributed by atoms with Crippen molar-refractivity contribution in [1.29, 1.82) is 0 Å². The van der Waals surface area contributed by atoms with E-state index >= 15 is 0 Å². The molecular weight excluding hydrogens is 462 g/mol. The average Bonchev–Trinajstić information content (AvgIpc) is 2.96. The third-order valence-electron chi connectivity index (χ3n) is 3.98. The summed E-state index contributed by atoms with van der Waals surface area (Å²) in [5, 5.41) is 8.43. The average molecular weight is 478 g/mol. The number of imide groups is 1. The van der Waals surface area contributed by atoms with Crippen molar-refractivity contribution in [3.63, 3.8) is 0 Å². The third kappa shape index (κ3) is 4.99. The van der Waals surface area contributed by atoms with Crippen LogP contribution in [0, 0.1) is 0 Å². The molecular formula is C20H16BrNO6S. The van der Waals surface area contributed by atoms with Crippen molar-refractivity contribution in [3.8, 4) is 11.5 Å². The van der Waals surface area contributed by atoms with Crippen LogP contribution in [0.15, 0.2) is 51.8 Å². The highest BCUT2D eigenvalue weighted by atomic mass is 79.9. The molecule has 0 unspecified atom stereocenters. The molecule has 0 spiro atoms. The molecule has 0 aliphatic carbocycles. The Labute approximate surface area is 179 Å². The van der Waals surface area contributed by atoms with Crippen molar-refractivity contribution in [2.45, 2.75) is 6.54 Å². The lowest BCUT2D eigenvalue weighted by Gasteiger charge is -2.12. The van der Waals surface area contributed by atoms with Crippen LogP contribution in [0.1, 0.15) is 11.1 Å². The molecule has 1 N–H and O–H groups in total. The normalized spacial score (nSPS) is 15.1. The van der Waals surface area contributed by atoms with Crippen LogP contribution in [0.4, 0.5) is 4.79 Å². The zero-order valence-electron chi connectivity index (χ0n) is 15.3. The Bertz CT molecular complexity index is 992. The van der Waals surface area contributed by atoms with Crippen LogP contribution in [0.5, 0.6) is 11.5 Å². The highest BCUT2D eigenvalue weighted by Gasteiger charge is 2.35. The first-order chi connectivity index (χ1) is 13.9. The number of carbonyl (C=O) groups is 3. The molecule has 0 atom stereocenters. The van der Waals surface area contributed by atoms with Gasteiger partial charge >= 0.3 is 5.97 Å². The highest BCUT2D eigenvalue weighted by molar-refractivity contribution is 9.10. The Morgan fingerprint density at radius 1 is 1.21 bits per heavy atom. The number of benzene rings is 2. The van der Waals surface area contributed by atoms with Crippen LogP contribution < -0.4 is 9.47 Å². The maximum Gasteiger partial charge on any atom is 0.341 e. The van der Waals surface area contributed by atoms with E-state index < -0.39 is 12.6 Å². The number of amides is 2. The summed E-state index contributed by atoms with van der Waals surface area (Å²) >= 11 is 4.25. The SMILES string of the molecule is COc1cc(/C=C2/SC(=O)N(Cc3ccccc3)C2=O)c(Br)cc1OCC(=O)O. The van der Waals surface area contributed by atoms with Crippen LogP contribution in [0.2, 0.25) is 0 Å². The van der Waals surface area contributed by atoms with Gasteiger partial charge in [0.15, 0.2) is 18.1 Å². The van der Waals surface area contributed by atoms with Gasteiger partial charge in [-0.2, -0.15) is 0 Å². The molecule has 1 heterocycles. The zero-order valence-corrected chi connectivity index (χ0v) is 17.7. The fraction of sp³-hybridized carbons (Fsp3) is 0.150.